The summed E-state index contributed by atoms with van der Waals surface area (Å²) in [6.07, 6.45) is 42.6. The van der Waals surface area contributed by atoms with Crippen LogP contribution < -0.4 is 0 Å². The minimum atomic E-state index is -1.87. The lowest BCUT2D eigenvalue weighted by Gasteiger charge is -2.38. The lowest BCUT2D eigenvalue weighted by molar-refractivity contribution is -0.298. The van der Waals surface area contributed by atoms with E-state index in [4.69, 9.17) is 18.9 Å². The lowest BCUT2D eigenvalue weighted by Crippen LogP contribution is -2.60. The van der Waals surface area contributed by atoms with E-state index in [1.807, 2.05) is 0 Å². The van der Waals surface area contributed by atoms with Gasteiger partial charge in [0.05, 0.1) is 6.61 Å². The third-order valence-corrected chi connectivity index (χ3v) is 11.1. The molecule has 4 N–H and O–H groups in total. The molecule has 1 saturated heterocycles. The molecule has 1 rings (SSSR count). The van der Waals surface area contributed by atoms with Crippen molar-refractivity contribution in [3.05, 3.63) is 60.8 Å². The van der Waals surface area contributed by atoms with Crippen molar-refractivity contribution in [1.29, 1.82) is 0 Å². The summed E-state index contributed by atoms with van der Waals surface area (Å²) in [5, 5.41) is 39.9. The van der Waals surface area contributed by atoms with Gasteiger partial charge in [0, 0.05) is 12.8 Å². The number of aliphatic carboxylic acids is 1. The first-order valence-corrected chi connectivity index (χ1v) is 24.8. The van der Waals surface area contributed by atoms with Gasteiger partial charge in [-0.15, -0.1) is 0 Å². The summed E-state index contributed by atoms with van der Waals surface area (Å²) in [6, 6.07) is 0. The largest absolute Gasteiger partial charge is 0.479 e. The third-order valence-electron chi connectivity index (χ3n) is 11.1. The summed E-state index contributed by atoms with van der Waals surface area (Å²) in [7, 11) is 0. The molecule has 0 aromatic rings. The molecule has 362 valence electrons. The molecule has 1 heterocycles. The molecule has 0 amide bonds. The molecule has 6 atom stereocenters. The second-order valence-electron chi connectivity index (χ2n) is 16.9. The summed E-state index contributed by atoms with van der Waals surface area (Å²) in [5.74, 6) is -2.47. The zero-order valence-corrected chi connectivity index (χ0v) is 39.3. The molecule has 0 bridgehead atoms. The fourth-order valence-electron chi connectivity index (χ4n) is 7.15. The number of allylic oxidation sites excluding steroid dienone is 10. The zero-order chi connectivity index (χ0) is 46.0. The highest BCUT2D eigenvalue weighted by molar-refractivity contribution is 5.73. The van der Waals surface area contributed by atoms with E-state index in [0.717, 1.165) is 89.9 Å². The van der Waals surface area contributed by atoms with Crippen molar-refractivity contribution in [3.63, 3.8) is 0 Å². The normalized spacial score (nSPS) is 19.9. The standard InChI is InChI=1S/C52H88O11/c1-3-5-7-9-11-13-15-17-19-21-23-25-26-28-30-32-34-36-38-40-45(53)60-42-44(43-61-52-49(57)47(55)48(56)50(63-52)51(58)59)62-46(54)41-39-37-35-33-31-29-27-24-22-20-18-16-14-12-10-8-6-4-2/h11,13-14,16-17,19-20,22-23,25,44,47-50,52,55-57H,3-10,12,15,18,21,24,26-43H2,1-2H3,(H,58,59)/b13-11-,16-14-,19-17-,22-20-,25-23-. The molecule has 0 saturated carbocycles. The van der Waals surface area contributed by atoms with Crippen molar-refractivity contribution in [2.45, 2.75) is 237 Å². The average molecular weight is 889 g/mol. The van der Waals surface area contributed by atoms with Crippen LogP contribution in [0.5, 0.6) is 0 Å². The predicted molar refractivity (Wildman–Crippen MR) is 252 cm³/mol. The first kappa shape index (κ1) is 57.9. The molecule has 0 spiro atoms. The van der Waals surface area contributed by atoms with Gasteiger partial charge in [-0.1, -0.05) is 164 Å². The first-order chi connectivity index (χ1) is 30.7. The summed E-state index contributed by atoms with van der Waals surface area (Å²) in [6.45, 7) is 3.76. The molecular formula is C52H88O11. The highest BCUT2D eigenvalue weighted by Gasteiger charge is 2.47. The maximum atomic E-state index is 12.8. The van der Waals surface area contributed by atoms with Crippen LogP contribution >= 0.6 is 0 Å². The third kappa shape index (κ3) is 33.1. The van der Waals surface area contributed by atoms with E-state index in [0.29, 0.717) is 12.8 Å². The van der Waals surface area contributed by atoms with Gasteiger partial charge in [-0.25, -0.2) is 4.79 Å². The Morgan fingerprint density at radius 3 is 1.37 bits per heavy atom. The van der Waals surface area contributed by atoms with Crippen LogP contribution in [0.25, 0.3) is 0 Å². The first-order valence-electron chi connectivity index (χ1n) is 24.8. The van der Waals surface area contributed by atoms with Crippen LogP contribution in [0.2, 0.25) is 0 Å². The molecule has 11 nitrogen and oxygen atoms in total. The average Bonchev–Trinajstić information content (AvgIpc) is 3.27. The van der Waals surface area contributed by atoms with Crippen LogP contribution in [0.4, 0.5) is 0 Å². The number of aliphatic hydroxyl groups is 3. The Labute approximate surface area is 381 Å². The minimum Gasteiger partial charge on any atom is -0.479 e. The topological polar surface area (TPSA) is 169 Å². The van der Waals surface area contributed by atoms with Gasteiger partial charge in [-0.05, 0) is 83.5 Å². The van der Waals surface area contributed by atoms with Gasteiger partial charge in [0.2, 0.25) is 0 Å². The molecule has 0 radical (unpaired) electrons. The minimum absolute atomic E-state index is 0.169. The smallest absolute Gasteiger partial charge is 0.335 e. The second-order valence-corrected chi connectivity index (χ2v) is 16.9. The number of carboxylic acids is 1. The molecule has 1 aliphatic heterocycles. The van der Waals surface area contributed by atoms with Gasteiger partial charge < -0.3 is 39.4 Å². The van der Waals surface area contributed by atoms with Crippen LogP contribution in [0.15, 0.2) is 60.8 Å². The Bertz CT molecular complexity index is 1270. The second kappa shape index (κ2) is 41.6. The van der Waals surface area contributed by atoms with Gasteiger partial charge in [-0.2, -0.15) is 0 Å². The lowest BCUT2D eigenvalue weighted by atomic mass is 9.99. The number of esters is 2. The predicted octanol–water partition coefficient (Wildman–Crippen LogP) is 11.5. The Kier molecular flexibility index (Phi) is 38.3. The quantitative estimate of drug-likeness (QED) is 0.0262. The van der Waals surface area contributed by atoms with Crippen molar-refractivity contribution in [1.82, 2.24) is 0 Å². The number of ether oxygens (including phenoxy) is 4. The maximum absolute atomic E-state index is 12.8. The Morgan fingerprint density at radius 2 is 0.889 bits per heavy atom. The number of carbonyl (C=O) groups excluding carboxylic acids is 2. The molecule has 6 unspecified atom stereocenters. The van der Waals surface area contributed by atoms with Crippen molar-refractivity contribution in [2.24, 2.45) is 0 Å². The van der Waals surface area contributed by atoms with Crippen molar-refractivity contribution < 1.29 is 53.8 Å². The number of aliphatic hydroxyl groups excluding tert-OH is 3. The van der Waals surface area contributed by atoms with Crippen LogP contribution in [-0.2, 0) is 33.3 Å². The van der Waals surface area contributed by atoms with Crippen molar-refractivity contribution in [2.75, 3.05) is 13.2 Å². The SMILES string of the molecule is CCCCC/C=C\C/C=C\C/C=C\CCCCCCCCC(=O)OCC(COC1OC(C(=O)O)C(O)C(O)C1O)OC(=O)CCCCCCCCC/C=C\C/C=C\CCCCCC. The summed E-state index contributed by atoms with van der Waals surface area (Å²) in [5.41, 5.74) is 0. The van der Waals surface area contributed by atoms with E-state index >= 15 is 0 Å². The van der Waals surface area contributed by atoms with Gasteiger partial charge >= 0.3 is 17.9 Å². The molecule has 1 aliphatic rings. The van der Waals surface area contributed by atoms with Gasteiger partial charge in [0.1, 0.15) is 24.9 Å². The molecule has 63 heavy (non-hydrogen) atoms. The van der Waals surface area contributed by atoms with Gasteiger partial charge in [0.25, 0.3) is 0 Å². The Morgan fingerprint density at radius 1 is 0.492 bits per heavy atom. The Hall–Kier alpha value is -3.09. The van der Waals surface area contributed by atoms with Crippen LogP contribution in [0.3, 0.4) is 0 Å². The van der Waals surface area contributed by atoms with E-state index in [1.54, 1.807) is 0 Å². The molecular weight excluding hydrogens is 801 g/mol. The number of carbonyl (C=O) groups is 3. The number of rotatable bonds is 41. The molecule has 1 fully saturated rings. The summed E-state index contributed by atoms with van der Waals surface area (Å²) >= 11 is 0. The maximum Gasteiger partial charge on any atom is 0.335 e. The van der Waals surface area contributed by atoms with Crippen LogP contribution in [-0.4, -0.2) is 88.4 Å². The number of hydrogen-bond acceptors (Lipinski definition) is 10. The van der Waals surface area contributed by atoms with E-state index in [1.165, 1.54) is 70.6 Å². The van der Waals surface area contributed by atoms with Gasteiger partial charge in [0.15, 0.2) is 18.5 Å². The van der Waals surface area contributed by atoms with E-state index in [9.17, 15) is 34.8 Å². The summed E-state index contributed by atoms with van der Waals surface area (Å²) in [4.78, 5) is 37.0. The molecule has 0 aromatic carbocycles. The van der Waals surface area contributed by atoms with Crippen molar-refractivity contribution in [3.8, 4) is 0 Å². The van der Waals surface area contributed by atoms with Gasteiger partial charge in [-0.3, -0.25) is 9.59 Å². The highest BCUT2D eigenvalue weighted by atomic mass is 16.7. The zero-order valence-electron chi connectivity index (χ0n) is 39.3. The van der Waals surface area contributed by atoms with E-state index in [2.05, 4.69) is 74.6 Å². The van der Waals surface area contributed by atoms with E-state index in [-0.39, 0.29) is 19.4 Å². The molecule has 0 aliphatic carbocycles. The fourth-order valence-corrected chi connectivity index (χ4v) is 7.15. The number of carboxylic acid groups (broad SMARTS) is 1. The van der Waals surface area contributed by atoms with Crippen LogP contribution in [0, 0.1) is 0 Å². The molecule has 11 heteroatoms. The van der Waals surface area contributed by atoms with Crippen molar-refractivity contribution >= 4 is 17.9 Å². The molecule has 0 aromatic heterocycles. The summed E-state index contributed by atoms with van der Waals surface area (Å²) < 4.78 is 21.8. The highest BCUT2D eigenvalue weighted by Crippen LogP contribution is 2.23. The van der Waals surface area contributed by atoms with Crippen LogP contribution in [0.1, 0.15) is 200 Å². The number of unbranched alkanes of at least 4 members (excludes halogenated alkanes) is 20. The van der Waals surface area contributed by atoms with E-state index < -0.39 is 61.3 Å². The monoisotopic (exact) mass is 889 g/mol. The number of hydrogen-bond donors (Lipinski definition) is 4. The Balaban J connectivity index is 2.34. The fraction of sp³-hybridized carbons (Fsp3) is 0.750.